The van der Waals surface area contributed by atoms with Crippen molar-refractivity contribution in [2.75, 3.05) is 7.11 Å². The van der Waals surface area contributed by atoms with Crippen molar-refractivity contribution in [2.24, 2.45) is 0 Å². The molecule has 0 atom stereocenters. The highest BCUT2D eigenvalue weighted by molar-refractivity contribution is 6.31. The molecule has 0 bridgehead atoms. The number of ether oxygens (including phenoxy) is 1. The zero-order valence-electron chi connectivity index (χ0n) is 16.6. The molecule has 5 nitrogen and oxygen atoms in total. The Kier molecular flexibility index (Phi) is 5.38. The van der Waals surface area contributed by atoms with Crippen LogP contribution in [0.5, 0.6) is 5.75 Å². The summed E-state index contributed by atoms with van der Waals surface area (Å²) in [5.74, 6) is 0.391. The van der Waals surface area contributed by atoms with Gasteiger partial charge >= 0.3 is 0 Å². The molecule has 0 saturated heterocycles. The number of fused-ring (bicyclic) bond motifs is 1. The first-order valence-corrected chi connectivity index (χ1v) is 9.78. The van der Waals surface area contributed by atoms with Gasteiger partial charge in [0.25, 0.3) is 0 Å². The van der Waals surface area contributed by atoms with E-state index in [1.807, 2.05) is 35.8 Å². The summed E-state index contributed by atoms with van der Waals surface area (Å²) in [5, 5.41) is 0.847. The average Bonchev–Trinajstić information content (AvgIpc) is 2.75. The molecule has 0 N–H and O–H groups in total. The van der Waals surface area contributed by atoms with Gasteiger partial charge in [-0.25, -0.2) is 4.98 Å². The van der Waals surface area contributed by atoms with Crippen LogP contribution in [0.2, 0.25) is 5.02 Å². The van der Waals surface area contributed by atoms with Gasteiger partial charge in [-0.15, -0.1) is 0 Å². The van der Waals surface area contributed by atoms with Crippen LogP contribution in [-0.4, -0.2) is 22.4 Å². The lowest BCUT2D eigenvalue weighted by atomic mass is 10.0. The number of rotatable bonds is 5. The summed E-state index contributed by atoms with van der Waals surface area (Å²) in [5.41, 5.74) is 2.44. The maximum Gasteiger partial charge on any atom is 0.202 e. The quantitative estimate of drug-likeness (QED) is 0.443. The van der Waals surface area contributed by atoms with Gasteiger partial charge in [0.05, 0.1) is 18.1 Å². The number of carbonyl (C=O) groups excluding carboxylic acids is 1. The van der Waals surface area contributed by atoms with E-state index in [0.717, 1.165) is 17.0 Å². The standard InChI is InChI=1S/C24H19ClN2O3/c1-15-6-11-20-23(29)21(22(28)17-4-3-5-18(25)12-17)14-27(24(20)26-15)13-16-7-9-19(30-2)10-8-16/h3-12,14H,13H2,1-2H3. The number of aryl methyl sites for hydroxylation is 1. The highest BCUT2D eigenvalue weighted by Crippen LogP contribution is 2.18. The normalized spacial score (nSPS) is 10.9. The largest absolute Gasteiger partial charge is 0.497 e. The van der Waals surface area contributed by atoms with E-state index in [1.54, 1.807) is 49.7 Å². The molecule has 0 spiro atoms. The number of ketones is 1. The van der Waals surface area contributed by atoms with E-state index < -0.39 is 0 Å². The summed E-state index contributed by atoms with van der Waals surface area (Å²) >= 11 is 6.04. The molecule has 0 amide bonds. The van der Waals surface area contributed by atoms with E-state index in [1.165, 1.54) is 0 Å². The summed E-state index contributed by atoms with van der Waals surface area (Å²) in [4.78, 5) is 30.8. The maximum absolute atomic E-state index is 13.1. The third-order valence-electron chi connectivity index (χ3n) is 4.90. The Bertz CT molecular complexity index is 1310. The van der Waals surface area contributed by atoms with Gasteiger partial charge in [-0.05, 0) is 48.9 Å². The third-order valence-corrected chi connectivity index (χ3v) is 5.14. The van der Waals surface area contributed by atoms with Gasteiger partial charge in [-0.1, -0.05) is 35.9 Å². The fourth-order valence-corrected chi connectivity index (χ4v) is 3.55. The zero-order chi connectivity index (χ0) is 21.3. The number of aromatic nitrogens is 2. The molecular weight excluding hydrogens is 400 g/mol. The van der Waals surface area contributed by atoms with Crippen LogP contribution in [-0.2, 0) is 6.54 Å². The van der Waals surface area contributed by atoms with Crippen molar-refractivity contribution in [1.82, 2.24) is 9.55 Å². The summed E-state index contributed by atoms with van der Waals surface area (Å²) < 4.78 is 7.05. The van der Waals surface area contributed by atoms with Gasteiger partial charge in [0.2, 0.25) is 5.43 Å². The predicted octanol–water partition coefficient (Wildman–Crippen LogP) is 4.65. The van der Waals surface area contributed by atoms with Gasteiger partial charge in [0.15, 0.2) is 5.78 Å². The van der Waals surface area contributed by atoms with Crippen molar-refractivity contribution >= 4 is 28.4 Å². The monoisotopic (exact) mass is 418 g/mol. The summed E-state index contributed by atoms with van der Waals surface area (Å²) in [6.07, 6.45) is 1.59. The predicted molar refractivity (Wildman–Crippen MR) is 118 cm³/mol. The van der Waals surface area contributed by atoms with Crippen LogP contribution in [0.3, 0.4) is 0 Å². The highest BCUT2D eigenvalue weighted by atomic mass is 35.5. The molecule has 0 fully saturated rings. The number of hydrogen-bond donors (Lipinski definition) is 0. The Labute approximate surface area is 178 Å². The molecule has 0 aliphatic carbocycles. The Morgan fingerprint density at radius 3 is 2.57 bits per heavy atom. The smallest absolute Gasteiger partial charge is 0.202 e. The lowest BCUT2D eigenvalue weighted by Gasteiger charge is -2.13. The van der Waals surface area contributed by atoms with Crippen molar-refractivity contribution in [3.05, 3.63) is 104 Å². The molecule has 0 aliphatic heterocycles. The number of pyridine rings is 2. The van der Waals surface area contributed by atoms with E-state index in [4.69, 9.17) is 16.3 Å². The van der Waals surface area contributed by atoms with Crippen molar-refractivity contribution in [3.63, 3.8) is 0 Å². The topological polar surface area (TPSA) is 61.2 Å². The Morgan fingerprint density at radius 2 is 1.87 bits per heavy atom. The molecule has 0 aliphatic rings. The summed E-state index contributed by atoms with van der Waals surface area (Å²) in [6, 6.07) is 17.7. The maximum atomic E-state index is 13.1. The van der Waals surface area contributed by atoms with Gasteiger partial charge in [-0.3, -0.25) is 9.59 Å². The highest BCUT2D eigenvalue weighted by Gasteiger charge is 2.18. The van der Waals surface area contributed by atoms with Crippen LogP contribution >= 0.6 is 11.6 Å². The number of hydrogen-bond acceptors (Lipinski definition) is 4. The molecule has 0 radical (unpaired) electrons. The van der Waals surface area contributed by atoms with E-state index in [-0.39, 0.29) is 16.8 Å². The number of benzene rings is 2. The molecule has 4 aromatic rings. The Balaban J connectivity index is 1.87. The van der Waals surface area contributed by atoms with Crippen LogP contribution in [0, 0.1) is 6.92 Å². The molecule has 150 valence electrons. The Morgan fingerprint density at radius 1 is 1.10 bits per heavy atom. The molecule has 0 unspecified atom stereocenters. The van der Waals surface area contributed by atoms with E-state index in [9.17, 15) is 9.59 Å². The minimum Gasteiger partial charge on any atom is -0.497 e. The number of methoxy groups -OCH3 is 1. The molecule has 6 heteroatoms. The fraction of sp³-hybridized carbons (Fsp3) is 0.125. The zero-order valence-corrected chi connectivity index (χ0v) is 17.3. The van der Waals surface area contributed by atoms with Gasteiger partial charge < -0.3 is 9.30 Å². The minimum atomic E-state index is -0.367. The first-order chi connectivity index (χ1) is 14.5. The summed E-state index contributed by atoms with van der Waals surface area (Å²) in [7, 11) is 1.62. The van der Waals surface area contributed by atoms with E-state index in [0.29, 0.717) is 28.2 Å². The molecule has 4 rings (SSSR count). The summed E-state index contributed by atoms with van der Waals surface area (Å²) in [6.45, 7) is 2.32. The van der Waals surface area contributed by atoms with Crippen molar-refractivity contribution in [3.8, 4) is 5.75 Å². The van der Waals surface area contributed by atoms with Crippen LogP contribution < -0.4 is 10.2 Å². The van der Waals surface area contributed by atoms with Gasteiger partial charge in [-0.2, -0.15) is 0 Å². The lowest BCUT2D eigenvalue weighted by Crippen LogP contribution is -2.21. The second-order valence-corrected chi connectivity index (χ2v) is 7.45. The molecule has 2 aromatic heterocycles. The van der Waals surface area contributed by atoms with Gasteiger partial charge in [0.1, 0.15) is 11.4 Å². The molecule has 0 saturated carbocycles. The average molecular weight is 419 g/mol. The van der Waals surface area contributed by atoms with E-state index >= 15 is 0 Å². The molecule has 30 heavy (non-hydrogen) atoms. The first-order valence-electron chi connectivity index (χ1n) is 9.40. The van der Waals surface area contributed by atoms with Crippen molar-refractivity contribution in [2.45, 2.75) is 13.5 Å². The van der Waals surface area contributed by atoms with Crippen LogP contribution in [0.4, 0.5) is 0 Å². The van der Waals surface area contributed by atoms with E-state index in [2.05, 4.69) is 4.98 Å². The number of carbonyl (C=O) groups is 1. The van der Waals surface area contributed by atoms with Crippen LogP contribution in [0.25, 0.3) is 11.0 Å². The van der Waals surface area contributed by atoms with Gasteiger partial charge in [0, 0.05) is 29.0 Å². The lowest BCUT2D eigenvalue weighted by molar-refractivity contribution is 0.103. The third kappa shape index (κ3) is 3.84. The molecule has 2 aromatic carbocycles. The Hall–Kier alpha value is -3.44. The molecular formula is C24H19ClN2O3. The van der Waals surface area contributed by atoms with Crippen LogP contribution in [0.15, 0.2) is 71.7 Å². The fourth-order valence-electron chi connectivity index (χ4n) is 3.36. The van der Waals surface area contributed by atoms with Crippen molar-refractivity contribution < 1.29 is 9.53 Å². The molecule has 2 heterocycles. The van der Waals surface area contributed by atoms with Crippen molar-refractivity contribution in [1.29, 1.82) is 0 Å². The second kappa shape index (κ2) is 8.13. The minimum absolute atomic E-state index is 0.0870. The number of halogens is 1. The SMILES string of the molecule is COc1ccc(Cn2cc(C(=O)c3cccc(Cl)c3)c(=O)c3ccc(C)nc32)cc1. The number of nitrogens with zero attached hydrogens (tertiary/aromatic N) is 2. The second-order valence-electron chi connectivity index (χ2n) is 7.01. The first kappa shape index (κ1) is 19.9. The van der Waals surface area contributed by atoms with Crippen LogP contribution in [0.1, 0.15) is 27.2 Å².